The van der Waals surface area contributed by atoms with Crippen LogP contribution in [-0.2, 0) is 13.1 Å². The minimum atomic E-state index is -1.25. The molecule has 0 aliphatic carbocycles. The molecule has 0 spiro atoms. The molecule has 0 unspecified atom stereocenters. The molecule has 14 heavy (non-hydrogen) atoms. The van der Waals surface area contributed by atoms with Gasteiger partial charge in [0.25, 0.3) is 0 Å². The third-order valence-corrected chi connectivity index (χ3v) is 1.91. The summed E-state index contributed by atoms with van der Waals surface area (Å²) in [5, 5.41) is 17.2. The van der Waals surface area contributed by atoms with E-state index in [0.717, 1.165) is 4.90 Å². The third kappa shape index (κ3) is 1.18. The Morgan fingerprint density at radius 1 is 1.36 bits per heavy atom. The fourth-order valence-corrected chi connectivity index (χ4v) is 1.27. The van der Waals surface area contributed by atoms with Crippen LogP contribution in [0.15, 0.2) is 4.42 Å². The zero-order chi connectivity index (χ0) is 10.3. The van der Waals surface area contributed by atoms with Crippen LogP contribution in [-0.4, -0.2) is 32.2 Å². The van der Waals surface area contributed by atoms with Gasteiger partial charge in [-0.3, -0.25) is 4.90 Å². The van der Waals surface area contributed by atoms with E-state index in [4.69, 9.17) is 14.6 Å². The van der Waals surface area contributed by atoms with Crippen LogP contribution in [0, 0.1) is 0 Å². The molecule has 0 saturated heterocycles. The van der Waals surface area contributed by atoms with Crippen molar-refractivity contribution >= 4 is 12.1 Å². The van der Waals surface area contributed by atoms with Gasteiger partial charge in [-0.2, -0.15) is 0 Å². The molecule has 1 aliphatic heterocycles. The first-order valence-corrected chi connectivity index (χ1v) is 3.77. The second-order valence-corrected chi connectivity index (χ2v) is 2.83. The van der Waals surface area contributed by atoms with Crippen molar-refractivity contribution in [2.24, 2.45) is 0 Å². The van der Waals surface area contributed by atoms with Gasteiger partial charge in [0.15, 0.2) is 0 Å². The van der Waals surface area contributed by atoms with Crippen LogP contribution in [0.5, 0.6) is 0 Å². The van der Waals surface area contributed by atoms with E-state index in [1.165, 1.54) is 0 Å². The maximum atomic E-state index is 10.5. The first kappa shape index (κ1) is 8.54. The predicted molar refractivity (Wildman–Crippen MR) is 40.7 cm³/mol. The van der Waals surface area contributed by atoms with Crippen LogP contribution in [0.4, 0.5) is 4.79 Å². The van der Waals surface area contributed by atoms with E-state index in [0.29, 0.717) is 11.5 Å². The Hall–Kier alpha value is -2.05. The summed E-state index contributed by atoms with van der Waals surface area (Å²) < 4.78 is 4.85. The van der Waals surface area contributed by atoms with Gasteiger partial charge in [-0.25, -0.2) is 14.6 Å². The average Bonchev–Trinajstić information content (AvgIpc) is 2.57. The highest BCUT2D eigenvalue weighted by molar-refractivity contribution is 5.82. The summed E-state index contributed by atoms with van der Waals surface area (Å²) in [5.74, 6) is -1.33. The highest BCUT2D eigenvalue weighted by Crippen LogP contribution is 2.23. The third-order valence-electron chi connectivity index (χ3n) is 1.91. The van der Waals surface area contributed by atoms with Crippen molar-refractivity contribution in [3.63, 3.8) is 0 Å². The maximum absolute atomic E-state index is 10.5. The number of nitrogens with zero attached hydrogens (tertiary/aromatic N) is 2. The van der Waals surface area contributed by atoms with Gasteiger partial charge in [-0.1, -0.05) is 0 Å². The summed E-state index contributed by atoms with van der Waals surface area (Å²) in [6, 6.07) is 0. The Labute approximate surface area is 77.6 Å². The Morgan fingerprint density at radius 2 is 2.07 bits per heavy atom. The number of rotatable bonds is 1. The normalized spacial score (nSPS) is 14.1. The van der Waals surface area contributed by atoms with Crippen LogP contribution in [0.3, 0.4) is 0 Å². The molecule has 2 N–H and O–H groups in total. The number of carbonyl (C=O) groups is 2. The average molecular weight is 198 g/mol. The van der Waals surface area contributed by atoms with Crippen LogP contribution in [0.1, 0.15) is 22.1 Å². The largest absolute Gasteiger partial charge is 0.474 e. The molecule has 0 atom stereocenters. The summed E-state index contributed by atoms with van der Waals surface area (Å²) >= 11 is 0. The van der Waals surface area contributed by atoms with Gasteiger partial charge >= 0.3 is 18.0 Å². The summed E-state index contributed by atoms with van der Waals surface area (Å²) in [6.07, 6.45) is -1.07. The molecule has 0 fully saturated rings. The Balaban J connectivity index is 2.24. The SMILES string of the molecule is O=C(O)c1nc2c(o1)CN(C(=O)O)C2. The number of carboxylic acid groups (broad SMARTS) is 2. The first-order valence-electron chi connectivity index (χ1n) is 3.77. The lowest BCUT2D eigenvalue weighted by molar-refractivity contribution is 0.0649. The van der Waals surface area contributed by atoms with Crippen molar-refractivity contribution in [2.75, 3.05) is 0 Å². The van der Waals surface area contributed by atoms with E-state index >= 15 is 0 Å². The molecule has 2 rings (SSSR count). The van der Waals surface area contributed by atoms with Crippen LogP contribution >= 0.6 is 0 Å². The molecule has 0 bridgehead atoms. The minimum Gasteiger partial charge on any atom is -0.474 e. The molecule has 1 amide bonds. The molecular weight excluding hydrogens is 192 g/mol. The standard InChI is InChI=1S/C7H6N2O5/c10-6(11)5-8-3-1-9(7(12)13)2-4(3)14-5/h1-2H2,(H,10,11)(H,12,13). The second kappa shape index (κ2) is 2.72. The molecule has 0 saturated carbocycles. The molecule has 1 aromatic heterocycles. The van der Waals surface area contributed by atoms with E-state index in [9.17, 15) is 9.59 Å². The number of hydrogen-bond donors (Lipinski definition) is 2. The highest BCUT2D eigenvalue weighted by Gasteiger charge is 2.29. The lowest BCUT2D eigenvalue weighted by Crippen LogP contribution is -2.23. The van der Waals surface area contributed by atoms with Crippen molar-refractivity contribution in [1.29, 1.82) is 0 Å². The molecule has 2 heterocycles. The number of fused-ring (bicyclic) bond motifs is 1. The van der Waals surface area contributed by atoms with Crippen LogP contribution in [0.25, 0.3) is 0 Å². The summed E-state index contributed by atoms with van der Waals surface area (Å²) in [7, 11) is 0. The Kier molecular flexibility index (Phi) is 1.66. The van der Waals surface area contributed by atoms with Crippen LogP contribution in [0.2, 0.25) is 0 Å². The Morgan fingerprint density at radius 3 is 2.57 bits per heavy atom. The van der Waals surface area contributed by atoms with E-state index in [-0.39, 0.29) is 19.0 Å². The molecule has 1 aromatic rings. The monoisotopic (exact) mass is 198 g/mol. The van der Waals surface area contributed by atoms with Crippen molar-refractivity contribution in [3.8, 4) is 0 Å². The van der Waals surface area contributed by atoms with Crippen molar-refractivity contribution in [1.82, 2.24) is 9.88 Å². The Bertz CT molecular complexity index is 387. The van der Waals surface area contributed by atoms with Gasteiger partial charge in [0, 0.05) is 0 Å². The van der Waals surface area contributed by atoms with E-state index < -0.39 is 12.1 Å². The predicted octanol–water partition coefficient (Wildman–Crippen LogP) is 0.366. The number of oxazole rings is 1. The number of carboxylic acids is 1. The molecule has 7 heteroatoms. The quantitative estimate of drug-likeness (QED) is 0.675. The van der Waals surface area contributed by atoms with E-state index in [1.807, 2.05) is 0 Å². The number of amides is 1. The topological polar surface area (TPSA) is 104 Å². The maximum Gasteiger partial charge on any atom is 0.408 e. The summed E-state index contributed by atoms with van der Waals surface area (Å²) in [6.45, 7) is 0.145. The van der Waals surface area contributed by atoms with Crippen molar-refractivity contribution < 1.29 is 24.2 Å². The van der Waals surface area contributed by atoms with Crippen molar-refractivity contribution in [2.45, 2.75) is 13.1 Å². The fraction of sp³-hybridized carbons (Fsp3) is 0.286. The molecule has 1 aliphatic rings. The summed E-state index contributed by atoms with van der Waals surface area (Å²) in [5.41, 5.74) is 0.379. The lowest BCUT2D eigenvalue weighted by Gasteiger charge is -2.08. The number of aromatic nitrogens is 1. The number of aromatic carboxylic acids is 1. The van der Waals surface area contributed by atoms with Gasteiger partial charge in [0.2, 0.25) is 0 Å². The zero-order valence-electron chi connectivity index (χ0n) is 6.93. The number of hydrogen-bond acceptors (Lipinski definition) is 4. The summed E-state index contributed by atoms with van der Waals surface area (Å²) in [4.78, 5) is 25.7. The van der Waals surface area contributed by atoms with Gasteiger partial charge in [-0.15, -0.1) is 0 Å². The molecule has 7 nitrogen and oxygen atoms in total. The lowest BCUT2D eigenvalue weighted by atomic mass is 10.4. The molecule has 0 aromatic carbocycles. The minimum absolute atomic E-state index is 0.0605. The highest BCUT2D eigenvalue weighted by atomic mass is 16.4. The fourth-order valence-electron chi connectivity index (χ4n) is 1.27. The van der Waals surface area contributed by atoms with Gasteiger partial charge < -0.3 is 14.6 Å². The smallest absolute Gasteiger partial charge is 0.408 e. The van der Waals surface area contributed by atoms with Gasteiger partial charge in [0.1, 0.15) is 11.5 Å². The molecular formula is C7H6N2O5. The van der Waals surface area contributed by atoms with E-state index in [2.05, 4.69) is 4.98 Å². The van der Waals surface area contributed by atoms with E-state index in [1.54, 1.807) is 0 Å². The first-order chi connectivity index (χ1) is 6.58. The molecule has 0 radical (unpaired) electrons. The molecule has 74 valence electrons. The second-order valence-electron chi connectivity index (χ2n) is 2.83. The van der Waals surface area contributed by atoms with Gasteiger partial charge in [-0.05, 0) is 0 Å². The zero-order valence-corrected chi connectivity index (χ0v) is 6.93. The van der Waals surface area contributed by atoms with Crippen LogP contribution < -0.4 is 0 Å². The van der Waals surface area contributed by atoms with Crippen molar-refractivity contribution in [3.05, 3.63) is 17.3 Å². The van der Waals surface area contributed by atoms with Gasteiger partial charge in [0.05, 0.1) is 13.1 Å².